The highest BCUT2D eigenvalue weighted by molar-refractivity contribution is 7.71. The van der Waals surface area contributed by atoms with E-state index in [0.717, 1.165) is 25.0 Å². The molecule has 1 fully saturated rings. The van der Waals surface area contributed by atoms with Crippen molar-refractivity contribution in [1.82, 2.24) is 9.55 Å². The van der Waals surface area contributed by atoms with Gasteiger partial charge in [0.05, 0.1) is 30.3 Å². The van der Waals surface area contributed by atoms with Crippen LogP contribution in [0.15, 0.2) is 12.1 Å². The predicted octanol–water partition coefficient (Wildman–Crippen LogP) is 3.42. The van der Waals surface area contributed by atoms with E-state index in [1.165, 1.54) is 13.2 Å². The minimum atomic E-state index is -0.397. The van der Waals surface area contributed by atoms with Crippen LogP contribution in [0.5, 0.6) is 5.75 Å². The van der Waals surface area contributed by atoms with Gasteiger partial charge in [0.1, 0.15) is 0 Å². The summed E-state index contributed by atoms with van der Waals surface area (Å²) in [5, 5.41) is 0. The number of aromatic nitrogens is 2. The molecule has 3 rings (SSSR count). The summed E-state index contributed by atoms with van der Waals surface area (Å²) in [5.74, 6) is -0.176. The molecule has 0 spiro atoms. The summed E-state index contributed by atoms with van der Waals surface area (Å²) >= 11 is 5.35. The fourth-order valence-electron chi connectivity index (χ4n) is 2.77. The number of imidazole rings is 1. The van der Waals surface area contributed by atoms with Crippen LogP contribution in [0.25, 0.3) is 11.0 Å². The second-order valence-corrected chi connectivity index (χ2v) is 5.81. The molecule has 108 valence electrons. The van der Waals surface area contributed by atoms with Crippen molar-refractivity contribution in [3.8, 4) is 5.75 Å². The van der Waals surface area contributed by atoms with Crippen LogP contribution < -0.4 is 4.74 Å². The molecule has 1 aliphatic heterocycles. The fourth-order valence-corrected chi connectivity index (χ4v) is 3.04. The van der Waals surface area contributed by atoms with Gasteiger partial charge in [0.2, 0.25) is 0 Å². The summed E-state index contributed by atoms with van der Waals surface area (Å²) in [5.41, 5.74) is 1.30. The molecule has 0 bridgehead atoms. The van der Waals surface area contributed by atoms with E-state index in [-0.39, 0.29) is 11.4 Å². The molecule has 1 aliphatic rings. The van der Waals surface area contributed by atoms with E-state index in [1.54, 1.807) is 6.07 Å². The Hall–Kier alpha value is -1.40. The van der Waals surface area contributed by atoms with Crippen molar-refractivity contribution >= 4 is 23.3 Å². The lowest BCUT2D eigenvalue weighted by atomic mass is 10.0. The first-order chi connectivity index (χ1) is 9.52. The largest absolute Gasteiger partial charge is 0.494 e. The number of fused-ring (bicyclic) bond motifs is 1. The van der Waals surface area contributed by atoms with Crippen LogP contribution >= 0.6 is 12.2 Å². The van der Waals surface area contributed by atoms with Gasteiger partial charge >= 0.3 is 0 Å². The van der Waals surface area contributed by atoms with E-state index in [0.29, 0.717) is 16.8 Å². The Morgan fingerprint density at radius 2 is 2.35 bits per heavy atom. The van der Waals surface area contributed by atoms with E-state index in [9.17, 15) is 4.39 Å². The lowest BCUT2D eigenvalue weighted by Crippen LogP contribution is -2.29. The van der Waals surface area contributed by atoms with Gasteiger partial charge in [0, 0.05) is 18.7 Å². The summed E-state index contributed by atoms with van der Waals surface area (Å²) in [4.78, 5) is 3.04. The van der Waals surface area contributed by atoms with Gasteiger partial charge in [-0.1, -0.05) is 0 Å². The summed E-state index contributed by atoms with van der Waals surface area (Å²) in [6.07, 6.45) is 2.06. The Morgan fingerprint density at radius 3 is 3.00 bits per heavy atom. The lowest BCUT2D eigenvalue weighted by molar-refractivity contribution is 0.00678. The molecule has 0 amide bonds. The van der Waals surface area contributed by atoms with Crippen molar-refractivity contribution in [2.45, 2.75) is 31.9 Å². The average Bonchev–Trinajstić information content (AvgIpc) is 2.94. The number of ether oxygens (including phenoxy) is 2. The molecule has 4 nitrogen and oxygen atoms in total. The van der Waals surface area contributed by atoms with Crippen LogP contribution in [0.1, 0.15) is 19.8 Å². The fraction of sp³-hybridized carbons (Fsp3) is 0.500. The molecule has 0 saturated carbocycles. The smallest absolute Gasteiger partial charge is 0.178 e. The first-order valence-electron chi connectivity index (χ1n) is 6.62. The van der Waals surface area contributed by atoms with Crippen molar-refractivity contribution in [3.05, 3.63) is 22.7 Å². The van der Waals surface area contributed by atoms with Gasteiger partial charge in [0.25, 0.3) is 0 Å². The van der Waals surface area contributed by atoms with Crippen LogP contribution in [0.2, 0.25) is 0 Å². The van der Waals surface area contributed by atoms with Gasteiger partial charge in [-0.2, -0.15) is 0 Å². The molecule has 6 heteroatoms. The number of halogens is 1. The molecule has 1 aromatic heterocycles. The van der Waals surface area contributed by atoms with Crippen LogP contribution in [-0.2, 0) is 11.3 Å². The van der Waals surface area contributed by atoms with Crippen LogP contribution in [0.4, 0.5) is 4.39 Å². The number of hydrogen-bond acceptors (Lipinski definition) is 3. The second-order valence-electron chi connectivity index (χ2n) is 5.42. The minimum absolute atomic E-state index is 0.213. The molecule has 0 radical (unpaired) electrons. The zero-order valence-electron chi connectivity index (χ0n) is 11.5. The number of methoxy groups -OCH3 is 1. The summed E-state index contributed by atoms with van der Waals surface area (Å²) < 4.78 is 27.1. The number of rotatable bonds is 3. The van der Waals surface area contributed by atoms with Crippen molar-refractivity contribution in [3.63, 3.8) is 0 Å². The van der Waals surface area contributed by atoms with Crippen LogP contribution in [0.3, 0.4) is 0 Å². The molecular weight excluding hydrogens is 279 g/mol. The first-order valence-corrected chi connectivity index (χ1v) is 7.03. The maximum Gasteiger partial charge on any atom is 0.178 e. The molecule has 2 heterocycles. The standard InChI is InChI=1S/C14H17FN2O2S/c1-14(4-3-5-19-14)8-17-11-7-12(18-2)9(15)6-10(11)16-13(17)20/h6-7H,3-5,8H2,1-2H3,(H,16,20). The Balaban J connectivity index is 2.10. The minimum Gasteiger partial charge on any atom is -0.494 e. The van der Waals surface area contributed by atoms with Gasteiger partial charge in [0.15, 0.2) is 16.3 Å². The Labute approximate surface area is 121 Å². The maximum absolute atomic E-state index is 13.7. The van der Waals surface area contributed by atoms with Crippen LogP contribution in [-0.4, -0.2) is 28.9 Å². The third-order valence-corrected chi connectivity index (χ3v) is 4.16. The normalized spacial score (nSPS) is 22.6. The van der Waals surface area contributed by atoms with Gasteiger partial charge in [-0.3, -0.25) is 0 Å². The molecule has 1 atom stereocenters. The average molecular weight is 296 g/mol. The van der Waals surface area contributed by atoms with Crippen molar-refractivity contribution < 1.29 is 13.9 Å². The third kappa shape index (κ3) is 2.23. The number of aromatic amines is 1. The Morgan fingerprint density at radius 1 is 1.55 bits per heavy atom. The number of hydrogen-bond donors (Lipinski definition) is 1. The SMILES string of the molecule is COc1cc2c(cc1F)[nH]c(=S)n2CC1(C)CCCO1. The van der Waals surface area contributed by atoms with Crippen molar-refractivity contribution in [2.75, 3.05) is 13.7 Å². The van der Waals surface area contributed by atoms with Gasteiger partial charge < -0.3 is 19.0 Å². The van der Waals surface area contributed by atoms with E-state index in [2.05, 4.69) is 11.9 Å². The highest BCUT2D eigenvalue weighted by atomic mass is 32.1. The second kappa shape index (κ2) is 4.86. The number of nitrogens with one attached hydrogen (secondary N) is 1. The highest BCUT2D eigenvalue weighted by Crippen LogP contribution is 2.30. The Kier molecular flexibility index (Phi) is 3.30. The summed E-state index contributed by atoms with van der Waals surface area (Å²) in [6.45, 7) is 3.52. The molecule has 1 unspecified atom stereocenters. The van der Waals surface area contributed by atoms with Crippen LogP contribution in [0, 0.1) is 10.6 Å². The molecule has 1 saturated heterocycles. The van der Waals surface area contributed by atoms with E-state index < -0.39 is 5.82 Å². The number of H-pyrrole nitrogens is 1. The Bertz CT molecular complexity index is 701. The summed E-state index contributed by atoms with van der Waals surface area (Å²) in [7, 11) is 1.46. The third-order valence-electron chi connectivity index (χ3n) is 3.84. The molecule has 20 heavy (non-hydrogen) atoms. The molecule has 1 aromatic carbocycles. The highest BCUT2D eigenvalue weighted by Gasteiger charge is 2.31. The van der Waals surface area contributed by atoms with Gasteiger partial charge in [-0.15, -0.1) is 0 Å². The van der Waals surface area contributed by atoms with Gasteiger partial charge in [-0.25, -0.2) is 4.39 Å². The van der Waals surface area contributed by atoms with Crippen molar-refractivity contribution in [2.24, 2.45) is 0 Å². The number of nitrogens with zero attached hydrogens (tertiary/aromatic N) is 1. The van der Waals surface area contributed by atoms with Gasteiger partial charge in [-0.05, 0) is 32.0 Å². The molecule has 2 aromatic rings. The maximum atomic E-state index is 13.7. The topological polar surface area (TPSA) is 39.2 Å². The first kappa shape index (κ1) is 13.6. The summed E-state index contributed by atoms with van der Waals surface area (Å²) in [6, 6.07) is 3.09. The quantitative estimate of drug-likeness (QED) is 0.882. The monoisotopic (exact) mass is 296 g/mol. The lowest BCUT2D eigenvalue weighted by Gasteiger charge is -2.24. The predicted molar refractivity (Wildman–Crippen MR) is 77.2 cm³/mol. The van der Waals surface area contributed by atoms with Crippen molar-refractivity contribution in [1.29, 1.82) is 0 Å². The molecule has 0 aliphatic carbocycles. The zero-order chi connectivity index (χ0) is 14.3. The molecular formula is C14H17FN2O2S. The van der Waals surface area contributed by atoms with E-state index in [4.69, 9.17) is 21.7 Å². The zero-order valence-corrected chi connectivity index (χ0v) is 12.3. The van der Waals surface area contributed by atoms with E-state index >= 15 is 0 Å². The molecule has 1 N–H and O–H groups in total. The number of benzene rings is 1. The van der Waals surface area contributed by atoms with E-state index in [1.807, 2.05) is 4.57 Å².